The van der Waals surface area contributed by atoms with E-state index in [1.807, 2.05) is 30.3 Å². The van der Waals surface area contributed by atoms with Gasteiger partial charge in [0.2, 0.25) is 5.91 Å². The summed E-state index contributed by atoms with van der Waals surface area (Å²) in [6.45, 7) is -0.470. The van der Waals surface area contributed by atoms with Crippen molar-refractivity contribution in [1.29, 1.82) is 0 Å². The Morgan fingerprint density at radius 2 is 1.47 bits per heavy atom. The van der Waals surface area contributed by atoms with Gasteiger partial charge in [0, 0.05) is 5.69 Å². The van der Waals surface area contributed by atoms with Crippen LogP contribution >= 0.6 is 11.6 Å². The summed E-state index contributed by atoms with van der Waals surface area (Å²) in [6, 6.07) is 28.5. The first-order valence-electron chi connectivity index (χ1n) is 10.9. The molecule has 0 heterocycles. The van der Waals surface area contributed by atoms with Crippen LogP contribution in [0.15, 0.2) is 108 Å². The number of methoxy groups -OCH3 is 1. The van der Waals surface area contributed by atoms with Gasteiger partial charge in [-0.25, -0.2) is 8.42 Å². The second-order valence-corrected chi connectivity index (χ2v) is 9.90. The van der Waals surface area contributed by atoms with E-state index in [1.54, 1.807) is 48.5 Å². The standard InChI is InChI=1S/C27H23ClN2O5S/c1-34-26-17-14-21(18-25(26)28)30(36(32,33)24-10-6-3-7-11-24)19-27(31)29-20-12-15-23(16-13-20)35-22-8-4-2-5-9-22/h2-18H,19H2,1H3,(H,29,31). The van der Waals surface area contributed by atoms with E-state index in [9.17, 15) is 13.2 Å². The number of nitrogens with zero attached hydrogens (tertiary/aromatic N) is 1. The van der Waals surface area contributed by atoms with Gasteiger partial charge in [-0.2, -0.15) is 0 Å². The van der Waals surface area contributed by atoms with Crippen LogP contribution in [0.5, 0.6) is 17.2 Å². The molecule has 0 bridgehead atoms. The van der Waals surface area contributed by atoms with Crippen LogP contribution in [0.2, 0.25) is 5.02 Å². The molecule has 184 valence electrons. The van der Waals surface area contributed by atoms with Gasteiger partial charge in [-0.05, 0) is 66.7 Å². The molecule has 0 aliphatic rings. The molecular weight excluding hydrogens is 500 g/mol. The van der Waals surface area contributed by atoms with Gasteiger partial charge in [0.1, 0.15) is 23.8 Å². The summed E-state index contributed by atoms with van der Waals surface area (Å²) in [5.74, 6) is 1.15. The molecule has 0 saturated carbocycles. The zero-order chi connectivity index (χ0) is 25.5. The van der Waals surface area contributed by atoms with E-state index in [4.69, 9.17) is 21.1 Å². The summed E-state index contributed by atoms with van der Waals surface area (Å²) in [5.41, 5.74) is 0.719. The lowest BCUT2D eigenvalue weighted by Crippen LogP contribution is -2.38. The predicted octanol–water partition coefficient (Wildman–Crippen LogP) is 5.97. The number of hydrogen-bond acceptors (Lipinski definition) is 5. The van der Waals surface area contributed by atoms with E-state index in [0.717, 1.165) is 4.31 Å². The molecule has 36 heavy (non-hydrogen) atoms. The molecule has 0 aliphatic carbocycles. The molecule has 0 saturated heterocycles. The van der Waals surface area contributed by atoms with Crippen molar-refractivity contribution in [3.63, 3.8) is 0 Å². The number of halogens is 1. The number of nitrogens with one attached hydrogen (secondary N) is 1. The molecule has 9 heteroatoms. The number of rotatable bonds is 9. The lowest BCUT2D eigenvalue weighted by Gasteiger charge is -2.24. The van der Waals surface area contributed by atoms with Crippen LogP contribution < -0.4 is 19.1 Å². The molecule has 0 radical (unpaired) electrons. The highest BCUT2D eigenvalue weighted by Gasteiger charge is 2.27. The number of sulfonamides is 1. The van der Waals surface area contributed by atoms with Crippen molar-refractivity contribution in [2.45, 2.75) is 4.90 Å². The van der Waals surface area contributed by atoms with Crippen LogP contribution in [0, 0.1) is 0 Å². The molecule has 0 aromatic heterocycles. The fourth-order valence-electron chi connectivity index (χ4n) is 3.41. The maximum absolute atomic E-state index is 13.5. The number of ether oxygens (including phenoxy) is 2. The van der Waals surface area contributed by atoms with Crippen LogP contribution in [0.25, 0.3) is 0 Å². The number of para-hydroxylation sites is 1. The number of anilines is 2. The second-order valence-electron chi connectivity index (χ2n) is 7.63. The minimum absolute atomic E-state index is 0.0483. The Morgan fingerprint density at radius 1 is 0.861 bits per heavy atom. The molecule has 0 fully saturated rings. The number of carbonyl (C=O) groups excluding carboxylic acids is 1. The van der Waals surface area contributed by atoms with Gasteiger partial charge in [0.25, 0.3) is 10.0 Å². The smallest absolute Gasteiger partial charge is 0.264 e. The van der Waals surface area contributed by atoms with Gasteiger partial charge >= 0.3 is 0 Å². The van der Waals surface area contributed by atoms with Crippen molar-refractivity contribution in [2.24, 2.45) is 0 Å². The molecule has 1 amide bonds. The summed E-state index contributed by atoms with van der Waals surface area (Å²) in [4.78, 5) is 13.0. The number of amides is 1. The molecular formula is C27H23ClN2O5S. The normalized spacial score (nSPS) is 10.9. The van der Waals surface area contributed by atoms with E-state index in [2.05, 4.69) is 5.32 Å². The van der Waals surface area contributed by atoms with Gasteiger partial charge in [-0.3, -0.25) is 9.10 Å². The van der Waals surface area contributed by atoms with E-state index < -0.39 is 22.5 Å². The minimum atomic E-state index is -4.07. The zero-order valence-electron chi connectivity index (χ0n) is 19.3. The number of hydrogen-bond donors (Lipinski definition) is 1. The quantitative estimate of drug-likeness (QED) is 0.292. The Kier molecular flexibility index (Phi) is 7.77. The second kappa shape index (κ2) is 11.2. The van der Waals surface area contributed by atoms with Crippen LogP contribution in [-0.2, 0) is 14.8 Å². The lowest BCUT2D eigenvalue weighted by molar-refractivity contribution is -0.114. The third-order valence-corrected chi connectivity index (χ3v) is 7.24. The molecule has 1 N–H and O–H groups in total. The van der Waals surface area contributed by atoms with E-state index >= 15 is 0 Å². The molecule has 4 rings (SSSR count). The van der Waals surface area contributed by atoms with Gasteiger partial charge in [0.15, 0.2) is 0 Å². The Morgan fingerprint density at radius 3 is 2.08 bits per heavy atom. The third-order valence-electron chi connectivity index (χ3n) is 5.16. The summed E-state index contributed by atoms with van der Waals surface area (Å²) >= 11 is 6.25. The maximum atomic E-state index is 13.5. The number of benzene rings is 4. The van der Waals surface area contributed by atoms with E-state index in [0.29, 0.717) is 22.9 Å². The Bertz CT molecular complexity index is 1430. The fourth-order valence-corrected chi connectivity index (χ4v) is 5.09. The molecule has 0 unspecified atom stereocenters. The van der Waals surface area contributed by atoms with Crippen molar-refractivity contribution < 1.29 is 22.7 Å². The van der Waals surface area contributed by atoms with Crippen molar-refractivity contribution in [1.82, 2.24) is 0 Å². The highest BCUT2D eigenvalue weighted by Crippen LogP contribution is 2.32. The molecule has 4 aromatic carbocycles. The largest absolute Gasteiger partial charge is 0.495 e. The predicted molar refractivity (Wildman–Crippen MR) is 141 cm³/mol. The first kappa shape index (κ1) is 25.1. The van der Waals surface area contributed by atoms with Crippen molar-refractivity contribution in [3.8, 4) is 17.2 Å². The van der Waals surface area contributed by atoms with Gasteiger partial charge in [0.05, 0.1) is 22.7 Å². The molecule has 0 atom stereocenters. The van der Waals surface area contributed by atoms with E-state index in [1.165, 1.54) is 31.4 Å². The topological polar surface area (TPSA) is 84.9 Å². The summed E-state index contributed by atoms with van der Waals surface area (Å²) in [6.07, 6.45) is 0. The first-order chi connectivity index (χ1) is 17.4. The summed E-state index contributed by atoms with van der Waals surface area (Å²) in [5, 5.41) is 2.96. The van der Waals surface area contributed by atoms with Gasteiger partial charge < -0.3 is 14.8 Å². The van der Waals surface area contributed by atoms with Gasteiger partial charge in [-0.1, -0.05) is 48.0 Å². The minimum Gasteiger partial charge on any atom is -0.495 e. The molecule has 7 nitrogen and oxygen atoms in total. The van der Waals surface area contributed by atoms with Crippen LogP contribution in [0.3, 0.4) is 0 Å². The average Bonchev–Trinajstić information content (AvgIpc) is 2.89. The maximum Gasteiger partial charge on any atom is 0.264 e. The van der Waals surface area contributed by atoms with Crippen molar-refractivity contribution >= 4 is 38.9 Å². The summed E-state index contributed by atoms with van der Waals surface area (Å²) in [7, 11) is -2.60. The molecule has 0 aliphatic heterocycles. The number of carbonyl (C=O) groups is 1. The monoisotopic (exact) mass is 522 g/mol. The Hall–Kier alpha value is -4.01. The zero-order valence-corrected chi connectivity index (χ0v) is 20.9. The Labute approximate surface area is 214 Å². The highest BCUT2D eigenvalue weighted by atomic mass is 35.5. The third kappa shape index (κ3) is 5.97. The SMILES string of the molecule is COc1ccc(N(CC(=O)Nc2ccc(Oc3ccccc3)cc2)S(=O)(=O)c2ccccc2)cc1Cl. The van der Waals surface area contributed by atoms with E-state index in [-0.39, 0.29) is 15.6 Å². The van der Waals surface area contributed by atoms with Crippen molar-refractivity contribution in [2.75, 3.05) is 23.3 Å². The fraction of sp³-hybridized carbons (Fsp3) is 0.0741. The lowest BCUT2D eigenvalue weighted by atomic mass is 10.3. The summed E-state index contributed by atoms with van der Waals surface area (Å²) < 4.78 is 38.9. The van der Waals surface area contributed by atoms with Crippen LogP contribution in [0.4, 0.5) is 11.4 Å². The molecule has 0 spiro atoms. The highest BCUT2D eigenvalue weighted by molar-refractivity contribution is 7.92. The average molecular weight is 523 g/mol. The Balaban J connectivity index is 1.55. The molecule has 4 aromatic rings. The van der Waals surface area contributed by atoms with Crippen molar-refractivity contribution in [3.05, 3.63) is 108 Å². The van der Waals surface area contributed by atoms with Gasteiger partial charge in [-0.15, -0.1) is 0 Å². The van der Waals surface area contributed by atoms with Crippen LogP contribution in [-0.4, -0.2) is 28.0 Å². The first-order valence-corrected chi connectivity index (χ1v) is 12.7. The van der Waals surface area contributed by atoms with Crippen LogP contribution in [0.1, 0.15) is 0 Å².